The van der Waals surface area contributed by atoms with Crippen LogP contribution in [0, 0.1) is 5.92 Å². The molecule has 0 radical (unpaired) electrons. The van der Waals surface area contributed by atoms with Crippen molar-refractivity contribution in [1.29, 1.82) is 0 Å². The molecule has 0 spiro atoms. The van der Waals surface area contributed by atoms with Gasteiger partial charge in [-0.05, 0) is 62.4 Å². The summed E-state index contributed by atoms with van der Waals surface area (Å²) in [6.07, 6.45) is 8.83. The Morgan fingerprint density at radius 2 is 1.93 bits per heavy atom. The lowest BCUT2D eigenvalue weighted by Gasteiger charge is -2.37. The van der Waals surface area contributed by atoms with E-state index in [4.69, 9.17) is 0 Å². The molecule has 1 aliphatic carbocycles. The fourth-order valence-corrected chi connectivity index (χ4v) is 4.34. The molecular weight excluding hydrogens is 352 g/mol. The number of benzene rings is 1. The average Bonchev–Trinajstić information content (AvgIpc) is 3.11. The summed E-state index contributed by atoms with van der Waals surface area (Å²) < 4.78 is 1.75. The molecule has 2 aromatic rings. The van der Waals surface area contributed by atoms with Crippen LogP contribution >= 0.6 is 0 Å². The van der Waals surface area contributed by atoms with Gasteiger partial charge >= 0.3 is 0 Å². The summed E-state index contributed by atoms with van der Waals surface area (Å²) in [5.41, 5.74) is 2.93. The summed E-state index contributed by atoms with van der Waals surface area (Å²) in [4.78, 5) is 15.3. The number of aryl methyl sites for hydroxylation is 1. The normalized spacial score (nSPS) is 23.8. The predicted octanol–water partition coefficient (Wildman–Crippen LogP) is 2.65. The summed E-state index contributed by atoms with van der Waals surface area (Å²) in [6.45, 7) is 3.30. The molecule has 1 saturated heterocycles. The molecule has 2 fully saturated rings. The van der Waals surface area contributed by atoms with E-state index < -0.39 is 0 Å². The van der Waals surface area contributed by atoms with Crippen LogP contribution in [0.2, 0.25) is 0 Å². The van der Waals surface area contributed by atoms with Crippen LogP contribution in [0.5, 0.6) is 0 Å². The maximum atomic E-state index is 12.9. The van der Waals surface area contributed by atoms with Gasteiger partial charge in [0.25, 0.3) is 5.91 Å². The van der Waals surface area contributed by atoms with E-state index in [9.17, 15) is 9.90 Å². The molecule has 1 amide bonds. The van der Waals surface area contributed by atoms with Crippen molar-refractivity contribution >= 4 is 5.91 Å². The van der Waals surface area contributed by atoms with E-state index in [2.05, 4.69) is 27.4 Å². The standard InChI is InChI=1S/C22H30N4O2/c1-25-15-19(13-23-25)21(18-11-20(27)12-18)24-22(28)17-7-5-16(6-8-17)14-26-9-3-2-4-10-26/h5-8,13,15,18,20-21,27H,2-4,9-12,14H2,1H3,(H,24,28)/t18?,20?,21-/m1/s1. The number of piperidine rings is 1. The number of likely N-dealkylation sites (tertiary alicyclic amines) is 1. The van der Waals surface area contributed by atoms with E-state index in [0.29, 0.717) is 18.4 Å². The molecule has 6 nitrogen and oxygen atoms in total. The lowest BCUT2D eigenvalue weighted by Crippen LogP contribution is -2.41. The molecule has 0 unspecified atom stereocenters. The topological polar surface area (TPSA) is 70.4 Å². The van der Waals surface area contributed by atoms with Crippen molar-refractivity contribution in [1.82, 2.24) is 20.0 Å². The third-order valence-corrected chi connectivity index (χ3v) is 6.06. The zero-order valence-electron chi connectivity index (χ0n) is 16.6. The lowest BCUT2D eigenvalue weighted by molar-refractivity contribution is 0.0235. The quantitative estimate of drug-likeness (QED) is 0.806. The molecule has 0 bridgehead atoms. The molecule has 2 N–H and O–H groups in total. The second-order valence-corrected chi connectivity index (χ2v) is 8.32. The highest BCUT2D eigenvalue weighted by Gasteiger charge is 2.36. The van der Waals surface area contributed by atoms with E-state index in [1.54, 1.807) is 10.9 Å². The Morgan fingerprint density at radius 1 is 1.21 bits per heavy atom. The Labute approximate surface area is 166 Å². The van der Waals surface area contributed by atoms with Crippen molar-refractivity contribution < 1.29 is 9.90 Å². The number of hydrogen-bond acceptors (Lipinski definition) is 4. The van der Waals surface area contributed by atoms with Crippen molar-refractivity contribution in [2.75, 3.05) is 13.1 Å². The van der Waals surface area contributed by atoms with Gasteiger partial charge in [-0.2, -0.15) is 5.10 Å². The number of rotatable bonds is 6. The highest BCUT2D eigenvalue weighted by Crippen LogP contribution is 2.38. The third-order valence-electron chi connectivity index (χ3n) is 6.06. The minimum atomic E-state index is -0.254. The van der Waals surface area contributed by atoms with Crippen molar-refractivity contribution in [3.63, 3.8) is 0 Å². The molecule has 2 heterocycles. The summed E-state index contributed by atoms with van der Waals surface area (Å²) in [5, 5.41) is 17.1. The number of aliphatic hydroxyl groups excluding tert-OH is 1. The Morgan fingerprint density at radius 3 is 2.54 bits per heavy atom. The van der Waals surface area contributed by atoms with Gasteiger partial charge in [0.15, 0.2) is 0 Å². The molecule has 4 rings (SSSR count). The van der Waals surface area contributed by atoms with Gasteiger partial charge in [0.1, 0.15) is 0 Å². The van der Waals surface area contributed by atoms with Crippen molar-refractivity contribution in [3.8, 4) is 0 Å². The van der Waals surface area contributed by atoms with Gasteiger partial charge in [-0.1, -0.05) is 18.6 Å². The minimum Gasteiger partial charge on any atom is -0.393 e. The minimum absolute atomic E-state index is 0.0697. The van der Waals surface area contributed by atoms with Gasteiger partial charge in [0, 0.05) is 30.9 Å². The van der Waals surface area contributed by atoms with Crippen LogP contribution in [-0.4, -0.2) is 44.9 Å². The largest absolute Gasteiger partial charge is 0.393 e. The van der Waals surface area contributed by atoms with Crippen LogP contribution in [0.3, 0.4) is 0 Å². The predicted molar refractivity (Wildman–Crippen MR) is 108 cm³/mol. The first-order valence-corrected chi connectivity index (χ1v) is 10.4. The molecular formula is C22H30N4O2. The van der Waals surface area contributed by atoms with E-state index in [1.807, 2.05) is 25.4 Å². The molecule has 1 aromatic carbocycles. The van der Waals surface area contributed by atoms with E-state index in [0.717, 1.165) is 12.1 Å². The van der Waals surface area contributed by atoms with Gasteiger partial charge in [-0.3, -0.25) is 14.4 Å². The van der Waals surface area contributed by atoms with Gasteiger partial charge in [0.05, 0.1) is 18.3 Å². The number of amides is 1. The number of nitrogens with one attached hydrogen (secondary N) is 1. The van der Waals surface area contributed by atoms with Crippen LogP contribution < -0.4 is 5.32 Å². The molecule has 28 heavy (non-hydrogen) atoms. The Balaban J connectivity index is 1.40. The van der Waals surface area contributed by atoms with E-state index in [1.165, 1.54) is 37.9 Å². The Hall–Kier alpha value is -2.18. The maximum absolute atomic E-state index is 12.9. The van der Waals surface area contributed by atoms with Crippen LogP contribution in [0.25, 0.3) is 0 Å². The number of carbonyl (C=O) groups is 1. The summed E-state index contributed by atoms with van der Waals surface area (Å²) in [5.74, 6) is 0.182. The first-order valence-electron chi connectivity index (χ1n) is 10.4. The smallest absolute Gasteiger partial charge is 0.251 e. The third kappa shape index (κ3) is 4.45. The van der Waals surface area contributed by atoms with Gasteiger partial charge in [0.2, 0.25) is 0 Å². The number of carbonyl (C=O) groups excluding carboxylic acids is 1. The second kappa shape index (κ2) is 8.45. The first-order chi connectivity index (χ1) is 13.6. The number of hydrogen-bond donors (Lipinski definition) is 2. The summed E-state index contributed by atoms with van der Waals surface area (Å²) in [6, 6.07) is 7.86. The van der Waals surface area contributed by atoms with Crippen molar-refractivity contribution in [2.24, 2.45) is 13.0 Å². The highest BCUT2D eigenvalue weighted by molar-refractivity contribution is 5.94. The summed E-state index contributed by atoms with van der Waals surface area (Å²) in [7, 11) is 1.87. The van der Waals surface area contributed by atoms with E-state index >= 15 is 0 Å². The van der Waals surface area contributed by atoms with Gasteiger partial charge < -0.3 is 10.4 Å². The molecule has 1 atom stereocenters. The fourth-order valence-electron chi connectivity index (χ4n) is 4.34. The van der Waals surface area contributed by atoms with Gasteiger partial charge in [-0.25, -0.2) is 0 Å². The summed E-state index contributed by atoms with van der Waals surface area (Å²) >= 11 is 0. The van der Waals surface area contributed by atoms with Crippen LogP contribution in [-0.2, 0) is 13.6 Å². The number of aliphatic hydroxyl groups is 1. The van der Waals surface area contributed by atoms with Gasteiger partial charge in [-0.15, -0.1) is 0 Å². The van der Waals surface area contributed by atoms with Crippen LogP contribution in [0.4, 0.5) is 0 Å². The molecule has 1 aliphatic heterocycles. The molecule has 150 valence electrons. The Kier molecular flexibility index (Phi) is 5.78. The van der Waals surface area contributed by atoms with E-state index in [-0.39, 0.29) is 24.0 Å². The SMILES string of the molecule is Cn1cc([C@H](NC(=O)c2ccc(CN3CCCCC3)cc2)C2CC(O)C2)cn1. The molecule has 1 aromatic heterocycles. The number of aromatic nitrogens is 2. The lowest BCUT2D eigenvalue weighted by atomic mass is 9.75. The van der Waals surface area contributed by atoms with Crippen molar-refractivity contribution in [3.05, 3.63) is 53.3 Å². The fraction of sp³-hybridized carbons (Fsp3) is 0.545. The van der Waals surface area contributed by atoms with Crippen LogP contribution in [0.1, 0.15) is 59.6 Å². The average molecular weight is 383 g/mol. The zero-order chi connectivity index (χ0) is 19.5. The monoisotopic (exact) mass is 382 g/mol. The number of nitrogens with zero attached hydrogens (tertiary/aromatic N) is 3. The molecule has 6 heteroatoms. The highest BCUT2D eigenvalue weighted by atomic mass is 16.3. The molecule has 1 saturated carbocycles. The molecule has 2 aliphatic rings. The zero-order valence-corrected chi connectivity index (χ0v) is 16.6. The van der Waals surface area contributed by atoms with Crippen LogP contribution in [0.15, 0.2) is 36.7 Å². The maximum Gasteiger partial charge on any atom is 0.251 e. The Bertz CT molecular complexity index is 789. The first kappa shape index (κ1) is 19.2. The second-order valence-electron chi connectivity index (χ2n) is 8.32. The van der Waals surface area contributed by atoms with Crippen molar-refractivity contribution in [2.45, 2.75) is 50.8 Å².